The van der Waals surface area contributed by atoms with E-state index in [1.54, 1.807) is 54.5 Å². The molecule has 2 aromatic rings. The third-order valence-corrected chi connectivity index (χ3v) is 3.82. The summed E-state index contributed by atoms with van der Waals surface area (Å²) in [6, 6.07) is 11.9. The first kappa shape index (κ1) is 19.4. The van der Waals surface area contributed by atoms with E-state index in [0.29, 0.717) is 24.5 Å². The molecule has 0 bridgehead atoms. The highest BCUT2D eigenvalue weighted by Gasteiger charge is 2.17. The van der Waals surface area contributed by atoms with Crippen LogP contribution in [-0.4, -0.2) is 41.9 Å². The zero-order chi connectivity index (χ0) is 18.9. The fraction of sp³-hybridized carbons (Fsp3) is 0.350. The van der Waals surface area contributed by atoms with E-state index in [0.717, 1.165) is 12.8 Å². The second-order valence-corrected chi connectivity index (χ2v) is 5.88. The second kappa shape index (κ2) is 9.56. The molecule has 1 aromatic heterocycles. The Morgan fingerprint density at radius 2 is 1.62 bits per heavy atom. The van der Waals surface area contributed by atoms with Gasteiger partial charge in [0.25, 0.3) is 11.8 Å². The van der Waals surface area contributed by atoms with Gasteiger partial charge in [-0.15, -0.1) is 0 Å². The maximum absolute atomic E-state index is 12.6. The first-order valence-corrected chi connectivity index (χ1v) is 8.80. The van der Waals surface area contributed by atoms with Gasteiger partial charge in [0.2, 0.25) is 0 Å². The minimum absolute atomic E-state index is 0.146. The van der Waals surface area contributed by atoms with Crippen molar-refractivity contribution in [3.8, 4) is 5.75 Å². The van der Waals surface area contributed by atoms with Crippen LogP contribution in [0.5, 0.6) is 5.75 Å². The number of nitrogens with zero attached hydrogens (tertiary/aromatic N) is 2. The molecule has 2 amide bonds. The molecule has 6 heteroatoms. The molecule has 26 heavy (non-hydrogen) atoms. The highest BCUT2D eigenvalue weighted by molar-refractivity contribution is 6.03. The molecule has 0 atom stereocenters. The van der Waals surface area contributed by atoms with Crippen LogP contribution in [0.4, 0.5) is 5.69 Å². The molecule has 0 saturated carbocycles. The minimum atomic E-state index is -0.359. The van der Waals surface area contributed by atoms with E-state index in [-0.39, 0.29) is 23.2 Å². The molecule has 0 aliphatic rings. The lowest BCUT2D eigenvalue weighted by Gasteiger charge is -2.21. The van der Waals surface area contributed by atoms with Crippen LogP contribution < -0.4 is 10.1 Å². The van der Waals surface area contributed by atoms with Gasteiger partial charge in [0.05, 0.1) is 7.11 Å². The number of ether oxygens (including phenoxy) is 1. The van der Waals surface area contributed by atoms with Crippen LogP contribution in [-0.2, 0) is 0 Å². The lowest BCUT2D eigenvalue weighted by molar-refractivity contribution is 0.0749. The number of rotatable bonds is 8. The summed E-state index contributed by atoms with van der Waals surface area (Å²) in [5.41, 5.74) is 1.13. The molecule has 0 aliphatic heterocycles. The van der Waals surface area contributed by atoms with E-state index in [1.165, 1.54) is 0 Å². The van der Waals surface area contributed by atoms with Gasteiger partial charge in [-0.25, -0.2) is 4.98 Å². The van der Waals surface area contributed by atoms with E-state index in [4.69, 9.17) is 4.74 Å². The average molecular weight is 355 g/mol. The summed E-state index contributed by atoms with van der Waals surface area (Å²) < 4.78 is 5.10. The lowest BCUT2D eigenvalue weighted by atomic mass is 10.2. The summed E-state index contributed by atoms with van der Waals surface area (Å²) in [4.78, 5) is 31.1. The zero-order valence-corrected chi connectivity index (χ0v) is 15.5. The quantitative estimate of drug-likeness (QED) is 0.785. The maximum atomic E-state index is 12.6. The smallest absolute Gasteiger partial charge is 0.274 e. The number of carbonyl (C=O) groups is 2. The molecular weight excluding hydrogens is 330 g/mol. The Bertz CT molecular complexity index is 738. The van der Waals surface area contributed by atoms with E-state index in [9.17, 15) is 9.59 Å². The fourth-order valence-electron chi connectivity index (χ4n) is 2.57. The number of nitrogens with one attached hydrogen (secondary N) is 1. The topological polar surface area (TPSA) is 71.5 Å². The highest BCUT2D eigenvalue weighted by Crippen LogP contribution is 2.16. The van der Waals surface area contributed by atoms with Gasteiger partial charge >= 0.3 is 0 Å². The summed E-state index contributed by atoms with van der Waals surface area (Å²) in [6.45, 7) is 5.41. The number of anilines is 1. The van der Waals surface area contributed by atoms with Crippen molar-refractivity contribution in [1.82, 2.24) is 9.88 Å². The highest BCUT2D eigenvalue weighted by atomic mass is 16.5. The number of carbonyl (C=O) groups excluding carboxylic acids is 2. The zero-order valence-electron chi connectivity index (χ0n) is 15.5. The lowest BCUT2D eigenvalue weighted by Crippen LogP contribution is -2.33. The van der Waals surface area contributed by atoms with Crippen molar-refractivity contribution in [2.45, 2.75) is 26.7 Å². The molecule has 0 fully saturated rings. The Morgan fingerprint density at radius 1 is 1.00 bits per heavy atom. The van der Waals surface area contributed by atoms with Crippen LogP contribution >= 0.6 is 0 Å². The van der Waals surface area contributed by atoms with E-state index in [2.05, 4.69) is 10.3 Å². The van der Waals surface area contributed by atoms with Crippen LogP contribution in [0.15, 0.2) is 42.5 Å². The first-order valence-electron chi connectivity index (χ1n) is 8.80. The Kier molecular flexibility index (Phi) is 7.14. The van der Waals surface area contributed by atoms with Gasteiger partial charge in [-0.3, -0.25) is 9.59 Å². The Labute approximate surface area is 154 Å². The van der Waals surface area contributed by atoms with Crippen LogP contribution in [0.2, 0.25) is 0 Å². The van der Waals surface area contributed by atoms with Gasteiger partial charge in [-0.1, -0.05) is 19.9 Å². The van der Waals surface area contributed by atoms with Gasteiger partial charge in [-0.05, 0) is 49.2 Å². The molecule has 0 radical (unpaired) electrons. The molecule has 2 rings (SSSR count). The molecule has 0 spiro atoms. The van der Waals surface area contributed by atoms with E-state index >= 15 is 0 Å². The van der Waals surface area contributed by atoms with Crippen LogP contribution in [0.25, 0.3) is 0 Å². The van der Waals surface area contributed by atoms with Crippen LogP contribution in [0, 0.1) is 0 Å². The van der Waals surface area contributed by atoms with Gasteiger partial charge in [0, 0.05) is 18.8 Å². The number of hydrogen-bond acceptors (Lipinski definition) is 4. The third-order valence-electron chi connectivity index (χ3n) is 3.82. The van der Waals surface area contributed by atoms with Gasteiger partial charge in [0.1, 0.15) is 17.1 Å². The number of amides is 2. The van der Waals surface area contributed by atoms with Crippen molar-refractivity contribution in [3.05, 3.63) is 53.9 Å². The Balaban J connectivity index is 2.13. The normalized spacial score (nSPS) is 10.3. The molecule has 138 valence electrons. The predicted octanol–water partition coefficient (Wildman–Crippen LogP) is 3.60. The standard InChI is InChI=1S/C20H25N3O3/c1-4-13-23(14-5-2)20(25)18-8-6-7-17(22-18)19(24)21-15-9-11-16(26-3)12-10-15/h6-12H,4-5,13-14H2,1-3H3,(H,21,24). The molecule has 0 unspecified atom stereocenters. The fourth-order valence-corrected chi connectivity index (χ4v) is 2.57. The summed E-state index contributed by atoms with van der Waals surface area (Å²) in [6.07, 6.45) is 1.76. The second-order valence-electron chi connectivity index (χ2n) is 5.88. The van der Waals surface area contributed by atoms with Gasteiger partial charge in [-0.2, -0.15) is 0 Å². The van der Waals surface area contributed by atoms with Crippen LogP contribution in [0.3, 0.4) is 0 Å². The SMILES string of the molecule is CCCN(CCC)C(=O)c1cccc(C(=O)Nc2ccc(OC)cc2)n1. The van der Waals surface area contributed by atoms with Crippen molar-refractivity contribution in [3.63, 3.8) is 0 Å². The van der Waals surface area contributed by atoms with Crippen molar-refractivity contribution >= 4 is 17.5 Å². The van der Waals surface area contributed by atoms with Gasteiger partial charge in [0.15, 0.2) is 0 Å². The number of benzene rings is 1. The number of pyridine rings is 1. The van der Waals surface area contributed by atoms with E-state index in [1.807, 2.05) is 13.8 Å². The molecule has 1 aromatic carbocycles. The summed E-state index contributed by atoms with van der Waals surface area (Å²) in [5.74, 6) is 0.204. The van der Waals surface area contributed by atoms with E-state index < -0.39 is 0 Å². The molecule has 6 nitrogen and oxygen atoms in total. The van der Waals surface area contributed by atoms with Crippen molar-refractivity contribution in [2.75, 3.05) is 25.5 Å². The molecule has 1 heterocycles. The third kappa shape index (κ3) is 5.05. The minimum Gasteiger partial charge on any atom is -0.497 e. The Hall–Kier alpha value is -2.89. The molecular formula is C20H25N3O3. The van der Waals surface area contributed by atoms with Gasteiger partial charge < -0.3 is 15.0 Å². The monoisotopic (exact) mass is 355 g/mol. The average Bonchev–Trinajstić information content (AvgIpc) is 2.68. The number of aromatic nitrogens is 1. The Morgan fingerprint density at radius 3 is 2.19 bits per heavy atom. The maximum Gasteiger partial charge on any atom is 0.274 e. The molecule has 1 N–H and O–H groups in total. The largest absolute Gasteiger partial charge is 0.497 e. The van der Waals surface area contributed by atoms with Crippen molar-refractivity contribution < 1.29 is 14.3 Å². The molecule has 0 saturated heterocycles. The number of methoxy groups -OCH3 is 1. The van der Waals surface area contributed by atoms with Crippen molar-refractivity contribution in [2.24, 2.45) is 0 Å². The van der Waals surface area contributed by atoms with Crippen molar-refractivity contribution in [1.29, 1.82) is 0 Å². The molecule has 0 aliphatic carbocycles. The van der Waals surface area contributed by atoms with Crippen LogP contribution in [0.1, 0.15) is 47.7 Å². The summed E-state index contributed by atoms with van der Waals surface area (Å²) in [5, 5.41) is 2.77. The first-order chi connectivity index (χ1) is 12.6. The predicted molar refractivity (Wildman–Crippen MR) is 102 cm³/mol. The summed E-state index contributed by atoms with van der Waals surface area (Å²) >= 11 is 0. The number of hydrogen-bond donors (Lipinski definition) is 1. The summed E-state index contributed by atoms with van der Waals surface area (Å²) in [7, 11) is 1.58.